The Morgan fingerprint density at radius 2 is 2.06 bits per heavy atom. The van der Waals surface area contributed by atoms with Crippen LogP contribution in [-0.2, 0) is 10.0 Å². The van der Waals surface area contributed by atoms with Gasteiger partial charge in [-0.2, -0.15) is 0 Å². The lowest BCUT2D eigenvalue weighted by Gasteiger charge is -2.04. The second-order valence-electron chi connectivity index (χ2n) is 3.91. The van der Waals surface area contributed by atoms with E-state index in [-0.39, 0.29) is 11.3 Å². The number of carboxylic acids is 1. The first-order chi connectivity index (χ1) is 7.97. The van der Waals surface area contributed by atoms with Crippen LogP contribution in [0.3, 0.4) is 0 Å². The second-order valence-corrected chi connectivity index (χ2v) is 5.91. The van der Waals surface area contributed by atoms with Gasteiger partial charge < -0.3 is 5.11 Å². The molecule has 0 aliphatic rings. The minimum absolute atomic E-state index is 0.0119. The molecule has 5 nitrogen and oxygen atoms in total. The minimum atomic E-state index is -3.40. The molecule has 0 aliphatic heterocycles. The smallest absolute Gasteiger partial charge is 0.337 e. The zero-order valence-electron chi connectivity index (χ0n) is 9.80. The van der Waals surface area contributed by atoms with Crippen LogP contribution in [0.1, 0.15) is 43.0 Å². The summed E-state index contributed by atoms with van der Waals surface area (Å²) in [4.78, 5) is 10.6. The van der Waals surface area contributed by atoms with E-state index in [4.69, 9.17) is 5.11 Å². The molecule has 0 fully saturated rings. The van der Waals surface area contributed by atoms with Crippen molar-refractivity contribution in [1.82, 2.24) is 3.97 Å². The molecule has 17 heavy (non-hydrogen) atoms. The van der Waals surface area contributed by atoms with Crippen molar-refractivity contribution in [2.45, 2.75) is 32.6 Å². The molecule has 0 aliphatic carbocycles. The zero-order valence-corrected chi connectivity index (χ0v) is 10.6. The number of hydrogen-bond acceptors (Lipinski definition) is 3. The minimum Gasteiger partial charge on any atom is -0.478 e. The Labute approximate surface area is 101 Å². The van der Waals surface area contributed by atoms with Crippen molar-refractivity contribution in [3.63, 3.8) is 0 Å². The Bertz CT molecular complexity index is 475. The fourth-order valence-electron chi connectivity index (χ4n) is 1.49. The summed E-state index contributed by atoms with van der Waals surface area (Å²) in [5, 5.41) is 8.70. The lowest BCUT2D eigenvalue weighted by atomic mass is 10.2. The molecule has 0 aromatic carbocycles. The van der Waals surface area contributed by atoms with Crippen molar-refractivity contribution in [1.29, 1.82) is 0 Å². The van der Waals surface area contributed by atoms with Crippen LogP contribution in [0.15, 0.2) is 18.5 Å². The van der Waals surface area contributed by atoms with Gasteiger partial charge in [-0.1, -0.05) is 26.2 Å². The van der Waals surface area contributed by atoms with Gasteiger partial charge in [-0.3, -0.25) is 3.97 Å². The number of unbranched alkanes of at least 4 members (excludes halogenated alkanes) is 3. The topological polar surface area (TPSA) is 76.4 Å². The average molecular weight is 259 g/mol. The summed E-state index contributed by atoms with van der Waals surface area (Å²) in [5.41, 5.74) is -0.0119. The highest BCUT2D eigenvalue weighted by Gasteiger charge is 2.14. The van der Waals surface area contributed by atoms with Crippen molar-refractivity contribution >= 4 is 16.0 Å². The molecule has 0 spiro atoms. The molecule has 0 atom stereocenters. The molecule has 1 aromatic rings. The Morgan fingerprint density at radius 1 is 1.35 bits per heavy atom. The van der Waals surface area contributed by atoms with E-state index in [1.165, 1.54) is 12.3 Å². The predicted octanol–water partition coefficient (Wildman–Crippen LogP) is 1.94. The molecule has 1 rings (SSSR count). The first-order valence-electron chi connectivity index (χ1n) is 5.62. The van der Waals surface area contributed by atoms with Gasteiger partial charge in [0.2, 0.25) is 10.0 Å². The van der Waals surface area contributed by atoms with Crippen molar-refractivity contribution in [2.24, 2.45) is 0 Å². The largest absolute Gasteiger partial charge is 0.478 e. The summed E-state index contributed by atoms with van der Waals surface area (Å²) in [5.74, 6) is -1.06. The molecule has 0 saturated carbocycles. The van der Waals surface area contributed by atoms with E-state index in [1.54, 1.807) is 0 Å². The molecule has 0 amide bonds. The summed E-state index contributed by atoms with van der Waals surface area (Å²) in [6, 6.07) is 1.28. The third-order valence-corrected chi connectivity index (χ3v) is 4.17. The zero-order chi connectivity index (χ0) is 12.9. The van der Waals surface area contributed by atoms with Crippen LogP contribution in [0.4, 0.5) is 0 Å². The molecule has 6 heteroatoms. The van der Waals surface area contributed by atoms with E-state index in [9.17, 15) is 13.2 Å². The number of rotatable bonds is 7. The van der Waals surface area contributed by atoms with Crippen LogP contribution in [0.2, 0.25) is 0 Å². The number of hydrogen-bond donors (Lipinski definition) is 1. The normalized spacial score (nSPS) is 11.6. The Hall–Kier alpha value is -1.30. The van der Waals surface area contributed by atoms with Gasteiger partial charge in [0.25, 0.3) is 0 Å². The average Bonchev–Trinajstić information content (AvgIpc) is 2.74. The van der Waals surface area contributed by atoms with Gasteiger partial charge in [-0.05, 0) is 12.5 Å². The summed E-state index contributed by atoms with van der Waals surface area (Å²) >= 11 is 0. The van der Waals surface area contributed by atoms with Crippen molar-refractivity contribution in [2.75, 3.05) is 5.75 Å². The number of aromatic carboxylic acids is 1. The Morgan fingerprint density at radius 3 is 2.59 bits per heavy atom. The highest BCUT2D eigenvalue weighted by Crippen LogP contribution is 2.08. The van der Waals surface area contributed by atoms with E-state index in [0.29, 0.717) is 6.42 Å². The van der Waals surface area contributed by atoms with E-state index in [0.717, 1.165) is 29.4 Å². The molecule has 0 saturated heterocycles. The fraction of sp³-hybridized carbons (Fsp3) is 0.545. The Balaban J connectivity index is 2.66. The maximum Gasteiger partial charge on any atom is 0.337 e. The maximum atomic E-state index is 11.8. The summed E-state index contributed by atoms with van der Waals surface area (Å²) in [6.45, 7) is 2.06. The summed E-state index contributed by atoms with van der Waals surface area (Å²) in [7, 11) is -3.40. The molecule has 1 N–H and O–H groups in total. The molecule has 0 bridgehead atoms. The first kappa shape index (κ1) is 13.8. The lowest BCUT2D eigenvalue weighted by Crippen LogP contribution is -2.15. The fourth-order valence-corrected chi connectivity index (χ4v) is 2.79. The van der Waals surface area contributed by atoms with Gasteiger partial charge in [0.15, 0.2) is 0 Å². The standard InChI is InChI=1S/C11H17NO4S/c1-2-3-4-5-8-17(15,16)12-7-6-10(9-12)11(13)14/h6-7,9H,2-5,8H2,1H3,(H,13,14). The van der Waals surface area contributed by atoms with Gasteiger partial charge in [-0.25, -0.2) is 13.2 Å². The second kappa shape index (κ2) is 5.86. The van der Waals surface area contributed by atoms with Crippen molar-refractivity contribution in [3.05, 3.63) is 24.0 Å². The van der Waals surface area contributed by atoms with Crippen molar-refractivity contribution < 1.29 is 18.3 Å². The Kier molecular flexibility index (Phi) is 4.74. The summed E-state index contributed by atoms with van der Waals surface area (Å²) < 4.78 is 24.6. The van der Waals surface area contributed by atoms with Gasteiger partial charge in [0.05, 0.1) is 11.3 Å². The molecule has 96 valence electrons. The van der Waals surface area contributed by atoms with E-state index < -0.39 is 16.0 Å². The third-order valence-electron chi connectivity index (χ3n) is 2.49. The quantitative estimate of drug-likeness (QED) is 0.759. The van der Waals surface area contributed by atoms with Gasteiger partial charge in [0, 0.05) is 12.4 Å². The van der Waals surface area contributed by atoms with Crippen LogP contribution in [0, 0.1) is 0 Å². The highest BCUT2D eigenvalue weighted by molar-refractivity contribution is 7.89. The van der Waals surface area contributed by atoms with Gasteiger partial charge in [-0.15, -0.1) is 0 Å². The van der Waals surface area contributed by atoms with Crippen LogP contribution in [0.5, 0.6) is 0 Å². The predicted molar refractivity (Wildman–Crippen MR) is 64.7 cm³/mol. The third kappa shape index (κ3) is 3.89. The molecule has 1 aromatic heterocycles. The monoisotopic (exact) mass is 259 g/mol. The number of carbonyl (C=O) groups is 1. The summed E-state index contributed by atoms with van der Waals surface area (Å²) in [6.07, 6.45) is 5.96. The molecular formula is C11H17NO4S. The lowest BCUT2D eigenvalue weighted by molar-refractivity contribution is 0.0697. The van der Waals surface area contributed by atoms with Gasteiger partial charge in [0.1, 0.15) is 0 Å². The van der Waals surface area contributed by atoms with Crippen LogP contribution < -0.4 is 0 Å². The SMILES string of the molecule is CCCCCCS(=O)(=O)n1ccc(C(=O)O)c1. The number of aromatic nitrogens is 1. The van der Waals surface area contributed by atoms with Crippen LogP contribution >= 0.6 is 0 Å². The first-order valence-corrected chi connectivity index (χ1v) is 7.23. The molecule has 1 heterocycles. The highest BCUT2D eigenvalue weighted by atomic mass is 32.2. The van der Waals surface area contributed by atoms with E-state index in [1.807, 2.05) is 0 Å². The molecular weight excluding hydrogens is 242 g/mol. The van der Waals surface area contributed by atoms with Crippen LogP contribution in [-0.4, -0.2) is 29.2 Å². The number of carboxylic acid groups (broad SMARTS) is 1. The number of nitrogens with zero attached hydrogens (tertiary/aromatic N) is 1. The maximum absolute atomic E-state index is 11.8. The van der Waals surface area contributed by atoms with Crippen molar-refractivity contribution in [3.8, 4) is 0 Å². The van der Waals surface area contributed by atoms with E-state index >= 15 is 0 Å². The molecule has 0 radical (unpaired) electrons. The van der Waals surface area contributed by atoms with E-state index in [2.05, 4.69) is 6.92 Å². The molecule has 0 unspecified atom stereocenters. The van der Waals surface area contributed by atoms with Gasteiger partial charge >= 0.3 is 5.97 Å². The van der Waals surface area contributed by atoms with Crippen LogP contribution in [0.25, 0.3) is 0 Å².